The number of benzene rings is 2. The fourth-order valence-electron chi connectivity index (χ4n) is 4.54. The van der Waals surface area contributed by atoms with Crippen molar-refractivity contribution in [3.8, 4) is 17.2 Å². The smallest absolute Gasteiger partial charge is 0.186 e. The van der Waals surface area contributed by atoms with Gasteiger partial charge in [-0.15, -0.1) is 0 Å². The Bertz CT molecular complexity index is 989. The van der Waals surface area contributed by atoms with Gasteiger partial charge in [0, 0.05) is 36.6 Å². The number of carbonyl (C=O) groups excluding carboxylic acids is 1. The summed E-state index contributed by atoms with van der Waals surface area (Å²) in [5.41, 5.74) is 4.29. The van der Waals surface area contributed by atoms with Crippen molar-refractivity contribution in [2.75, 3.05) is 19.8 Å². The van der Waals surface area contributed by atoms with E-state index in [4.69, 9.17) is 14.2 Å². The Kier molecular flexibility index (Phi) is 17.2. The molecule has 2 aromatic rings. The van der Waals surface area contributed by atoms with Crippen LogP contribution in [0.1, 0.15) is 126 Å². The zero-order valence-electron chi connectivity index (χ0n) is 26.9. The minimum atomic E-state index is -0.0918. The molecule has 0 aromatic heterocycles. The van der Waals surface area contributed by atoms with Crippen molar-refractivity contribution in [1.82, 2.24) is 0 Å². The van der Waals surface area contributed by atoms with Crippen molar-refractivity contribution >= 4 is 38.3 Å². The van der Waals surface area contributed by atoms with Gasteiger partial charge in [-0.25, -0.2) is 0 Å². The van der Waals surface area contributed by atoms with E-state index in [1.165, 1.54) is 5.56 Å². The molecule has 6 heteroatoms. The Morgan fingerprint density at radius 2 is 1.12 bits per heavy atom. The van der Waals surface area contributed by atoms with Crippen LogP contribution in [0.2, 0.25) is 0 Å². The third-order valence-corrected chi connectivity index (χ3v) is 8.15. The quantitative estimate of drug-likeness (QED) is 0.103. The van der Waals surface area contributed by atoms with Crippen LogP contribution in [-0.2, 0) is 5.41 Å². The van der Waals surface area contributed by atoms with Crippen LogP contribution in [0.5, 0.6) is 17.2 Å². The number of unbranched alkanes of at least 4 members (excludes halogenated alkanes) is 6. The first-order valence-electron chi connectivity index (χ1n) is 15.1. The van der Waals surface area contributed by atoms with E-state index >= 15 is 0 Å². The largest absolute Gasteiger partial charge is 0.493 e. The van der Waals surface area contributed by atoms with E-state index < -0.39 is 0 Å². The van der Waals surface area contributed by atoms with Crippen molar-refractivity contribution in [2.24, 2.45) is 0 Å². The van der Waals surface area contributed by atoms with Crippen LogP contribution >= 0.6 is 8.58 Å². The molecule has 1 radical (unpaired) electrons. The third kappa shape index (κ3) is 11.8. The van der Waals surface area contributed by atoms with Gasteiger partial charge < -0.3 is 14.2 Å². The number of hydrogen-bond acceptors (Lipinski definition) is 4. The molecule has 0 aliphatic heterocycles. The zero-order valence-corrected chi connectivity index (χ0v) is 27.9. The van der Waals surface area contributed by atoms with Crippen molar-refractivity contribution in [3.05, 3.63) is 46.5 Å². The summed E-state index contributed by atoms with van der Waals surface area (Å²) in [4.78, 5) is 13.9. The summed E-state index contributed by atoms with van der Waals surface area (Å²) in [6.45, 7) is 19.2. The average molecular weight is 564 g/mol. The van der Waals surface area contributed by atoms with Gasteiger partial charge in [0.25, 0.3) is 0 Å². The van der Waals surface area contributed by atoms with E-state index in [0.717, 1.165) is 97.0 Å². The van der Waals surface area contributed by atoms with Crippen molar-refractivity contribution < 1.29 is 19.0 Å². The van der Waals surface area contributed by atoms with Crippen LogP contribution in [-0.4, -0.2) is 44.2 Å². The fourth-order valence-corrected chi connectivity index (χ4v) is 5.82. The van der Waals surface area contributed by atoms with Crippen LogP contribution in [0.3, 0.4) is 0 Å². The number of carbonyl (C=O) groups is 1. The summed E-state index contributed by atoms with van der Waals surface area (Å²) in [5.74, 6) is 2.20. The predicted molar refractivity (Wildman–Crippen MR) is 174 cm³/mol. The van der Waals surface area contributed by atoms with Crippen LogP contribution in [0.25, 0.3) is 0 Å². The summed E-state index contributed by atoms with van der Waals surface area (Å²) in [5, 5.41) is 0.854. The monoisotopic (exact) mass is 563 g/mol. The average Bonchev–Trinajstić information content (AvgIpc) is 2.87. The minimum Gasteiger partial charge on any atom is -0.493 e. The molecule has 219 valence electrons. The van der Waals surface area contributed by atoms with E-state index in [-0.39, 0.29) is 38.4 Å². The molecule has 0 aliphatic carbocycles. The van der Waals surface area contributed by atoms with Crippen molar-refractivity contribution in [3.63, 3.8) is 0 Å². The molecule has 0 spiro atoms. The first kappa shape index (κ1) is 36.6. The molecular weight excluding hydrogens is 510 g/mol. The summed E-state index contributed by atoms with van der Waals surface area (Å²) in [6.07, 6.45) is 9.76. The first-order valence-corrected chi connectivity index (χ1v) is 16.1. The Labute approximate surface area is 258 Å². The molecule has 0 heterocycles. The molecule has 0 bridgehead atoms. The van der Waals surface area contributed by atoms with E-state index in [9.17, 15) is 4.79 Å². The van der Waals surface area contributed by atoms with Gasteiger partial charge in [0.15, 0.2) is 5.52 Å². The van der Waals surface area contributed by atoms with Gasteiger partial charge in [0.05, 0.1) is 25.1 Å². The van der Waals surface area contributed by atoms with Crippen LogP contribution in [0.15, 0.2) is 24.3 Å². The topological polar surface area (TPSA) is 44.8 Å². The first-order chi connectivity index (χ1) is 18.6. The number of rotatable bonds is 18. The maximum absolute atomic E-state index is 13.9. The van der Waals surface area contributed by atoms with Gasteiger partial charge in [-0.3, -0.25) is 4.79 Å². The number of ether oxygens (including phenoxy) is 3. The van der Waals surface area contributed by atoms with E-state index in [1.54, 1.807) is 0 Å². The maximum atomic E-state index is 13.9. The van der Waals surface area contributed by atoms with Gasteiger partial charge in [0.1, 0.15) is 17.2 Å². The number of hydrogen-bond donors (Lipinski definition) is 0. The molecule has 0 N–H and O–H groups in total. The molecule has 0 saturated carbocycles. The Hall–Kier alpha value is -1.46. The second-order valence-corrected chi connectivity index (χ2v) is 12.9. The molecule has 0 amide bonds. The van der Waals surface area contributed by atoms with Gasteiger partial charge in [0.2, 0.25) is 0 Å². The summed E-state index contributed by atoms with van der Waals surface area (Å²) >= 11 is 0. The normalized spacial score (nSPS) is 11.5. The molecule has 0 saturated heterocycles. The zero-order chi connectivity index (χ0) is 28.8. The summed E-state index contributed by atoms with van der Waals surface area (Å²) in [7, 11) is -0.0918. The molecule has 2 rings (SSSR count). The van der Waals surface area contributed by atoms with E-state index in [1.807, 2.05) is 12.1 Å². The van der Waals surface area contributed by atoms with Gasteiger partial charge >= 0.3 is 0 Å². The van der Waals surface area contributed by atoms with Gasteiger partial charge in [-0.2, -0.15) is 0 Å². The molecular formula is C34H53LiO4P. The Morgan fingerprint density at radius 3 is 1.52 bits per heavy atom. The molecule has 0 aliphatic rings. The third-order valence-electron chi connectivity index (χ3n) is 6.93. The number of aryl methyl sites for hydroxylation is 2. The summed E-state index contributed by atoms with van der Waals surface area (Å²) in [6, 6.07) is 8.27. The molecule has 0 fully saturated rings. The van der Waals surface area contributed by atoms with Crippen molar-refractivity contribution in [2.45, 2.75) is 119 Å². The molecule has 1 unspecified atom stereocenters. The fraction of sp³-hybridized carbons (Fsp3) is 0.618. The standard InChI is InChI=1S/C34H53O4P.Li/c1-9-12-15-18-36-28-23-29(37-19-16-13-10-2)32(30(24-28)38-20-17-14-11-3)39-33(35)31-25(4)21-27(22-26(31)5)34(6,7)8;/h21-24,39H,9-20H2,1-8H3;. The minimum absolute atomic E-state index is 0. The van der Waals surface area contributed by atoms with Gasteiger partial charge in [-0.05, 0) is 63.8 Å². The van der Waals surface area contributed by atoms with Crippen LogP contribution < -0.4 is 19.5 Å². The second-order valence-electron chi connectivity index (χ2n) is 11.7. The van der Waals surface area contributed by atoms with E-state index in [2.05, 4.69) is 67.5 Å². The van der Waals surface area contributed by atoms with Crippen LogP contribution in [0, 0.1) is 13.8 Å². The Balaban J connectivity index is 0.00000800. The van der Waals surface area contributed by atoms with Crippen molar-refractivity contribution in [1.29, 1.82) is 0 Å². The molecule has 4 nitrogen and oxygen atoms in total. The second kappa shape index (κ2) is 18.9. The summed E-state index contributed by atoms with van der Waals surface area (Å²) < 4.78 is 18.8. The molecule has 1 atom stereocenters. The maximum Gasteiger partial charge on any atom is 0.186 e. The predicted octanol–water partition coefficient (Wildman–Crippen LogP) is 9.07. The molecule has 2 aromatic carbocycles. The van der Waals surface area contributed by atoms with Gasteiger partial charge in [-0.1, -0.05) is 92.2 Å². The molecule has 40 heavy (non-hydrogen) atoms. The SMILES string of the molecule is CCCCCOc1cc(OCCCCC)c(PC(=O)c2c(C)cc(C(C)(C)C)cc2C)c(OCCCCC)c1.[Li]. The van der Waals surface area contributed by atoms with Crippen LogP contribution in [0.4, 0.5) is 0 Å². The Morgan fingerprint density at radius 1 is 0.700 bits per heavy atom. The van der Waals surface area contributed by atoms with E-state index in [0.29, 0.717) is 19.8 Å².